The summed E-state index contributed by atoms with van der Waals surface area (Å²) in [6.45, 7) is 0. The van der Waals surface area contributed by atoms with Crippen LogP contribution in [0, 0.1) is 5.75 Å². The second-order valence-electron chi connectivity index (χ2n) is 1.08. The predicted molar refractivity (Wildman–Crippen MR) is 30.1 cm³/mol. The normalized spacial score (nSPS) is 29.0. The molecular formula is C4H5NOS. The second-order valence-corrected chi connectivity index (χ2v) is 1.76. The number of hydrogen-bond acceptors (Lipinski definition) is 3. The lowest BCUT2D eigenvalue weighted by molar-refractivity contribution is 0.145. The maximum absolute atomic E-state index is 4.78. The van der Waals surface area contributed by atoms with Gasteiger partial charge in [0.05, 0.1) is 5.55 Å². The third-order valence-electron chi connectivity index (χ3n) is 0.641. The highest BCUT2D eigenvalue weighted by Crippen LogP contribution is 2.15. The zero-order valence-corrected chi connectivity index (χ0v) is 4.73. The van der Waals surface area contributed by atoms with Crippen molar-refractivity contribution in [3.8, 4) is 0 Å². The van der Waals surface area contributed by atoms with Crippen LogP contribution in [0.25, 0.3) is 0 Å². The minimum absolute atomic E-state index is 0.120. The van der Waals surface area contributed by atoms with Crippen molar-refractivity contribution in [1.29, 1.82) is 0 Å². The first-order valence-corrected chi connectivity index (χ1v) is 2.77. The second kappa shape index (κ2) is 2.33. The van der Waals surface area contributed by atoms with Gasteiger partial charge in [-0.05, 0) is 0 Å². The minimum Gasteiger partial charge on any atom is -0.358 e. The quantitative estimate of drug-likeness (QED) is 0.503. The van der Waals surface area contributed by atoms with Crippen molar-refractivity contribution in [1.82, 2.24) is 0 Å². The van der Waals surface area contributed by atoms with Gasteiger partial charge < -0.3 is 4.74 Å². The third-order valence-corrected chi connectivity index (χ3v) is 1.21. The smallest absolute Gasteiger partial charge is 0.166 e. The van der Waals surface area contributed by atoms with Crippen LogP contribution in [0.2, 0.25) is 0 Å². The highest BCUT2D eigenvalue weighted by molar-refractivity contribution is 8.14. The number of nitrogens with zero attached hydrogens (tertiary/aromatic N) is 1. The average Bonchev–Trinajstić information content (AvgIpc) is 2.14. The average molecular weight is 115 g/mol. The molecule has 0 saturated carbocycles. The molecule has 0 fully saturated rings. The molecule has 3 heteroatoms. The van der Waals surface area contributed by atoms with Crippen molar-refractivity contribution in [2.45, 2.75) is 6.23 Å². The van der Waals surface area contributed by atoms with Crippen LogP contribution in [-0.4, -0.2) is 18.9 Å². The number of aliphatic imine (C=N–C) groups is 1. The van der Waals surface area contributed by atoms with Crippen molar-refractivity contribution in [3.63, 3.8) is 0 Å². The first-order valence-electron chi connectivity index (χ1n) is 1.89. The van der Waals surface area contributed by atoms with Gasteiger partial charge in [0.2, 0.25) is 0 Å². The molecular weight excluding hydrogens is 110 g/mol. The van der Waals surface area contributed by atoms with Crippen LogP contribution in [0.1, 0.15) is 0 Å². The summed E-state index contributed by atoms with van der Waals surface area (Å²) in [6.07, 6.45) is -0.120. The standard InChI is InChI=1S/C4H5NOS/c1-6-4-2-7-3-5-4/h3-4H,1H3. The predicted octanol–water partition coefficient (Wildman–Crippen LogP) is 0.773. The summed E-state index contributed by atoms with van der Waals surface area (Å²) in [5, 5.41) is 0. The molecule has 1 unspecified atom stereocenters. The first-order chi connectivity index (χ1) is 3.43. The number of methoxy groups -OCH3 is 1. The Bertz CT molecular complexity index is 83.8. The van der Waals surface area contributed by atoms with Crippen molar-refractivity contribution >= 4 is 17.3 Å². The topological polar surface area (TPSA) is 21.6 Å². The summed E-state index contributed by atoms with van der Waals surface area (Å²) >= 11 is 1.44. The van der Waals surface area contributed by atoms with Crippen LogP contribution in [0.15, 0.2) is 4.99 Å². The highest BCUT2D eigenvalue weighted by Gasteiger charge is 2.08. The van der Waals surface area contributed by atoms with E-state index in [9.17, 15) is 0 Å². The van der Waals surface area contributed by atoms with Gasteiger partial charge in [-0.2, -0.15) is 0 Å². The van der Waals surface area contributed by atoms with Gasteiger partial charge in [-0.15, -0.1) is 0 Å². The van der Waals surface area contributed by atoms with Gasteiger partial charge in [0.25, 0.3) is 0 Å². The Morgan fingerprint density at radius 3 is 3.14 bits per heavy atom. The summed E-state index contributed by atoms with van der Waals surface area (Å²) in [4.78, 5) is 3.86. The molecule has 1 aliphatic rings. The lowest BCUT2D eigenvalue weighted by atomic mass is 10.7. The molecule has 0 N–H and O–H groups in total. The molecule has 0 aromatic heterocycles. The Hall–Kier alpha value is -0.0200. The molecule has 0 amide bonds. The van der Waals surface area contributed by atoms with E-state index >= 15 is 0 Å². The van der Waals surface area contributed by atoms with E-state index in [1.165, 1.54) is 11.8 Å². The van der Waals surface area contributed by atoms with Crippen LogP contribution >= 0.6 is 11.8 Å². The van der Waals surface area contributed by atoms with Crippen molar-refractivity contribution in [2.75, 3.05) is 7.11 Å². The number of thioether (sulfide) groups is 1. The van der Waals surface area contributed by atoms with E-state index in [0.717, 1.165) is 0 Å². The van der Waals surface area contributed by atoms with Gasteiger partial charge in [0, 0.05) is 7.11 Å². The van der Waals surface area contributed by atoms with Crippen LogP contribution < -0.4 is 0 Å². The molecule has 1 atom stereocenters. The molecule has 2 radical (unpaired) electrons. The molecule has 0 saturated heterocycles. The fourth-order valence-corrected chi connectivity index (χ4v) is 0.820. The van der Waals surface area contributed by atoms with E-state index in [1.807, 2.05) is 0 Å². The lowest BCUT2D eigenvalue weighted by Gasteiger charge is -1.97. The summed E-state index contributed by atoms with van der Waals surface area (Å²) < 4.78 is 4.78. The Balaban J connectivity index is 2.28. The van der Waals surface area contributed by atoms with Gasteiger partial charge >= 0.3 is 0 Å². The molecule has 0 aliphatic carbocycles. The Labute approximate surface area is 47.0 Å². The lowest BCUT2D eigenvalue weighted by Crippen LogP contribution is -1.99. The zero-order chi connectivity index (χ0) is 5.11. The van der Waals surface area contributed by atoms with Crippen molar-refractivity contribution in [2.24, 2.45) is 4.99 Å². The molecule has 0 spiro atoms. The van der Waals surface area contributed by atoms with E-state index in [2.05, 4.69) is 10.7 Å². The summed E-state index contributed by atoms with van der Waals surface area (Å²) in [7, 11) is 1.61. The molecule has 0 aromatic carbocycles. The van der Waals surface area contributed by atoms with Gasteiger partial charge in [-0.1, -0.05) is 11.8 Å². The van der Waals surface area contributed by atoms with Crippen molar-refractivity contribution in [3.05, 3.63) is 5.75 Å². The highest BCUT2D eigenvalue weighted by atomic mass is 32.2. The molecule has 2 nitrogen and oxygen atoms in total. The number of ether oxygens (including phenoxy) is 1. The van der Waals surface area contributed by atoms with Crippen LogP contribution in [0.5, 0.6) is 0 Å². The van der Waals surface area contributed by atoms with Crippen LogP contribution in [-0.2, 0) is 4.74 Å². The Morgan fingerprint density at radius 2 is 2.86 bits per heavy atom. The molecule has 0 aromatic rings. The maximum atomic E-state index is 4.78. The molecule has 1 heterocycles. The Morgan fingerprint density at radius 1 is 2.00 bits per heavy atom. The summed E-state index contributed by atoms with van der Waals surface area (Å²) in [5.74, 6) is 2.88. The summed E-state index contributed by atoms with van der Waals surface area (Å²) in [6, 6.07) is 0. The van der Waals surface area contributed by atoms with E-state index in [1.54, 1.807) is 12.7 Å². The van der Waals surface area contributed by atoms with E-state index < -0.39 is 0 Å². The van der Waals surface area contributed by atoms with Gasteiger partial charge in [-0.25, -0.2) is 0 Å². The first kappa shape index (κ1) is 5.12. The van der Waals surface area contributed by atoms with Gasteiger partial charge in [-0.3, -0.25) is 4.99 Å². The molecule has 38 valence electrons. The third kappa shape index (κ3) is 1.17. The van der Waals surface area contributed by atoms with Gasteiger partial charge in [0.1, 0.15) is 5.75 Å². The molecule has 7 heavy (non-hydrogen) atoms. The van der Waals surface area contributed by atoms with Gasteiger partial charge in [0.15, 0.2) is 6.23 Å². The van der Waals surface area contributed by atoms with E-state index in [0.29, 0.717) is 0 Å². The monoisotopic (exact) mass is 115 g/mol. The summed E-state index contributed by atoms with van der Waals surface area (Å²) in [5.41, 5.74) is 1.72. The molecule has 1 rings (SSSR count). The SMILES string of the molecule is COC1[C]SC=N1. The maximum Gasteiger partial charge on any atom is 0.166 e. The number of hydrogen-bond donors (Lipinski definition) is 0. The van der Waals surface area contributed by atoms with E-state index in [-0.39, 0.29) is 6.23 Å². The van der Waals surface area contributed by atoms with Crippen molar-refractivity contribution < 1.29 is 4.74 Å². The largest absolute Gasteiger partial charge is 0.358 e. The number of rotatable bonds is 1. The Kier molecular flexibility index (Phi) is 1.70. The molecule has 1 aliphatic heterocycles. The zero-order valence-electron chi connectivity index (χ0n) is 3.92. The van der Waals surface area contributed by atoms with Crippen LogP contribution in [0.4, 0.5) is 0 Å². The fourth-order valence-electron chi connectivity index (χ4n) is 0.314. The van der Waals surface area contributed by atoms with Crippen LogP contribution in [0.3, 0.4) is 0 Å². The molecule has 0 bridgehead atoms. The van der Waals surface area contributed by atoms with E-state index in [4.69, 9.17) is 4.74 Å². The minimum atomic E-state index is -0.120. The fraction of sp³-hybridized carbons (Fsp3) is 0.500.